The molecule has 26 heavy (non-hydrogen) atoms. The maximum Gasteiger partial charge on any atom is 0.405 e. The van der Waals surface area contributed by atoms with Crippen LogP contribution >= 0.6 is 0 Å². The predicted molar refractivity (Wildman–Crippen MR) is 100 cm³/mol. The molecule has 0 fully saturated rings. The highest BCUT2D eigenvalue weighted by molar-refractivity contribution is 5.94. The number of hydrogen-bond donors (Lipinski definition) is 3. The largest absolute Gasteiger partial charge is 0.465 e. The number of carboxylic acid groups (broad SMARTS) is 1. The smallest absolute Gasteiger partial charge is 0.405 e. The van der Waals surface area contributed by atoms with Crippen LogP contribution in [0.2, 0.25) is 0 Å². The van der Waals surface area contributed by atoms with E-state index in [-0.39, 0.29) is 18.0 Å². The molecule has 1 aromatic heterocycles. The van der Waals surface area contributed by atoms with Crippen LogP contribution in [0.3, 0.4) is 0 Å². The minimum Gasteiger partial charge on any atom is -0.465 e. The van der Waals surface area contributed by atoms with E-state index in [0.717, 1.165) is 28.2 Å². The molecule has 2 unspecified atom stereocenters. The molecule has 0 spiro atoms. The van der Waals surface area contributed by atoms with Gasteiger partial charge in [0.15, 0.2) is 0 Å². The van der Waals surface area contributed by atoms with Gasteiger partial charge in [-0.1, -0.05) is 6.07 Å². The second kappa shape index (κ2) is 7.03. The number of pyridine rings is 1. The topological polar surface area (TPSA) is 94.6 Å². The van der Waals surface area contributed by atoms with Crippen LogP contribution in [0.25, 0.3) is 11.1 Å². The maximum absolute atomic E-state index is 12.1. The van der Waals surface area contributed by atoms with Gasteiger partial charge in [-0.2, -0.15) is 0 Å². The number of aromatic nitrogens is 1. The number of nitrogens with one attached hydrogen (secondary N) is 2. The zero-order valence-corrected chi connectivity index (χ0v) is 15.0. The number of fused-ring (bicyclic) bond motifs is 1. The van der Waals surface area contributed by atoms with Gasteiger partial charge >= 0.3 is 6.09 Å². The lowest BCUT2D eigenvalue weighted by molar-refractivity contribution is -0.117. The number of rotatable bonds is 3. The first kappa shape index (κ1) is 17.7. The lowest BCUT2D eigenvalue weighted by Crippen LogP contribution is -2.45. The van der Waals surface area contributed by atoms with E-state index in [2.05, 4.69) is 15.6 Å². The SMILES string of the molecule is CNc1ccc(-c2ccc3c(c2)C(NC(=O)O)CC(C)N3C(C)=O)cn1. The fraction of sp³-hybridized carbons (Fsp3) is 0.316. The minimum absolute atomic E-state index is 0.0553. The molecule has 0 radical (unpaired) electrons. The molecule has 0 saturated carbocycles. The summed E-state index contributed by atoms with van der Waals surface area (Å²) in [6, 6.07) is 9.13. The Balaban J connectivity index is 2.07. The van der Waals surface area contributed by atoms with E-state index in [9.17, 15) is 14.7 Å². The minimum atomic E-state index is -1.07. The van der Waals surface area contributed by atoms with Crippen LogP contribution in [0.4, 0.5) is 16.3 Å². The standard InChI is InChI=1S/C19H22N4O3/c1-11-8-16(22-19(25)26)15-9-13(4-6-17(15)23(11)12(2)24)14-5-7-18(20-3)21-10-14/h4-7,9-11,16,22H,8H2,1-3H3,(H,20,21)(H,25,26). The molecule has 1 aliphatic rings. The van der Waals surface area contributed by atoms with Gasteiger partial charge in [-0.3, -0.25) is 4.79 Å². The van der Waals surface area contributed by atoms with Gasteiger partial charge in [0.2, 0.25) is 5.91 Å². The van der Waals surface area contributed by atoms with Crippen molar-refractivity contribution < 1.29 is 14.7 Å². The molecule has 3 N–H and O–H groups in total. The average Bonchev–Trinajstić information content (AvgIpc) is 2.60. The Morgan fingerprint density at radius 3 is 2.54 bits per heavy atom. The van der Waals surface area contributed by atoms with Crippen LogP contribution in [0.1, 0.15) is 31.9 Å². The van der Waals surface area contributed by atoms with Crippen molar-refractivity contribution in [3.8, 4) is 11.1 Å². The van der Waals surface area contributed by atoms with E-state index >= 15 is 0 Å². The number of nitrogens with zero attached hydrogens (tertiary/aromatic N) is 2. The number of hydrogen-bond acceptors (Lipinski definition) is 4. The second-order valence-corrected chi connectivity index (χ2v) is 6.43. The molecule has 3 rings (SSSR count). The van der Waals surface area contributed by atoms with Crippen molar-refractivity contribution >= 4 is 23.5 Å². The van der Waals surface area contributed by atoms with Crippen molar-refractivity contribution in [3.05, 3.63) is 42.1 Å². The van der Waals surface area contributed by atoms with Crippen LogP contribution in [-0.4, -0.2) is 35.2 Å². The van der Waals surface area contributed by atoms with Crippen molar-refractivity contribution in [1.29, 1.82) is 0 Å². The van der Waals surface area contributed by atoms with Gasteiger partial charge in [0.05, 0.1) is 6.04 Å². The summed E-state index contributed by atoms with van der Waals surface area (Å²) in [4.78, 5) is 29.4. The molecule has 0 aliphatic carbocycles. The first-order valence-electron chi connectivity index (χ1n) is 8.48. The van der Waals surface area contributed by atoms with E-state index in [1.807, 2.05) is 37.3 Å². The van der Waals surface area contributed by atoms with Crippen molar-refractivity contribution in [1.82, 2.24) is 10.3 Å². The molecule has 1 aliphatic heterocycles. The van der Waals surface area contributed by atoms with E-state index in [0.29, 0.717) is 6.42 Å². The number of carbonyl (C=O) groups excluding carboxylic acids is 1. The summed E-state index contributed by atoms with van der Waals surface area (Å²) in [5.41, 5.74) is 3.40. The van der Waals surface area contributed by atoms with Crippen LogP contribution in [-0.2, 0) is 4.79 Å². The maximum atomic E-state index is 12.1. The van der Waals surface area contributed by atoms with Gasteiger partial charge in [0.25, 0.3) is 0 Å². The lowest BCUT2D eigenvalue weighted by Gasteiger charge is -2.39. The van der Waals surface area contributed by atoms with E-state index < -0.39 is 6.09 Å². The Labute approximate surface area is 152 Å². The Morgan fingerprint density at radius 2 is 1.96 bits per heavy atom. The summed E-state index contributed by atoms with van der Waals surface area (Å²) in [7, 11) is 1.81. The molecular weight excluding hydrogens is 332 g/mol. The quantitative estimate of drug-likeness (QED) is 0.786. The summed E-state index contributed by atoms with van der Waals surface area (Å²) >= 11 is 0. The Hall–Kier alpha value is -3.09. The Kier molecular flexibility index (Phi) is 4.79. The first-order chi connectivity index (χ1) is 12.4. The zero-order chi connectivity index (χ0) is 18.8. The average molecular weight is 354 g/mol. The van der Waals surface area contributed by atoms with Gasteiger partial charge < -0.3 is 20.6 Å². The number of benzene rings is 1. The first-order valence-corrected chi connectivity index (χ1v) is 8.48. The molecule has 2 aromatic rings. The molecule has 0 saturated heterocycles. The molecule has 2 amide bonds. The van der Waals surface area contributed by atoms with Crippen molar-refractivity contribution in [3.63, 3.8) is 0 Å². The molecule has 2 heterocycles. The lowest BCUT2D eigenvalue weighted by atomic mass is 9.89. The van der Waals surface area contributed by atoms with E-state index in [4.69, 9.17) is 0 Å². The van der Waals surface area contributed by atoms with E-state index in [1.54, 1.807) is 18.1 Å². The number of anilines is 2. The van der Waals surface area contributed by atoms with Gasteiger partial charge in [-0.15, -0.1) is 0 Å². The van der Waals surface area contributed by atoms with Crippen molar-refractivity contribution in [2.45, 2.75) is 32.4 Å². The predicted octanol–water partition coefficient (Wildman–Crippen LogP) is 3.24. The summed E-state index contributed by atoms with van der Waals surface area (Å²) in [5.74, 6) is 0.717. The van der Waals surface area contributed by atoms with Gasteiger partial charge in [0.1, 0.15) is 5.82 Å². The van der Waals surface area contributed by atoms with Crippen LogP contribution < -0.4 is 15.5 Å². The third-order valence-corrected chi connectivity index (χ3v) is 4.67. The highest BCUT2D eigenvalue weighted by Crippen LogP contribution is 2.39. The molecule has 7 heteroatoms. The van der Waals surface area contributed by atoms with E-state index in [1.165, 1.54) is 6.92 Å². The molecule has 136 valence electrons. The molecular formula is C19H22N4O3. The molecule has 1 aromatic carbocycles. The summed E-state index contributed by atoms with van der Waals surface area (Å²) < 4.78 is 0. The number of amides is 2. The van der Waals surface area contributed by atoms with Crippen LogP contribution in [0.5, 0.6) is 0 Å². The number of carbonyl (C=O) groups is 2. The van der Waals surface area contributed by atoms with Crippen molar-refractivity contribution in [2.24, 2.45) is 0 Å². The second-order valence-electron chi connectivity index (χ2n) is 6.43. The zero-order valence-electron chi connectivity index (χ0n) is 15.0. The highest BCUT2D eigenvalue weighted by Gasteiger charge is 2.33. The van der Waals surface area contributed by atoms with Gasteiger partial charge in [-0.25, -0.2) is 9.78 Å². The Bertz CT molecular complexity index is 835. The monoisotopic (exact) mass is 354 g/mol. The molecule has 0 bridgehead atoms. The van der Waals surface area contributed by atoms with Gasteiger partial charge in [-0.05, 0) is 48.7 Å². The highest BCUT2D eigenvalue weighted by atomic mass is 16.4. The Morgan fingerprint density at radius 1 is 1.23 bits per heavy atom. The summed E-state index contributed by atoms with van der Waals surface area (Å²) in [5, 5.41) is 14.7. The molecule has 2 atom stereocenters. The summed E-state index contributed by atoms with van der Waals surface area (Å²) in [6.45, 7) is 3.45. The third-order valence-electron chi connectivity index (χ3n) is 4.67. The summed E-state index contributed by atoms with van der Waals surface area (Å²) in [6.07, 6.45) is 1.22. The third kappa shape index (κ3) is 3.33. The molecule has 7 nitrogen and oxygen atoms in total. The van der Waals surface area contributed by atoms with Crippen molar-refractivity contribution in [2.75, 3.05) is 17.3 Å². The fourth-order valence-corrected chi connectivity index (χ4v) is 3.52. The fourth-order valence-electron chi connectivity index (χ4n) is 3.52. The normalized spacial score (nSPS) is 18.8. The van der Waals surface area contributed by atoms with Crippen LogP contribution in [0, 0.1) is 0 Å². The van der Waals surface area contributed by atoms with Crippen LogP contribution in [0.15, 0.2) is 36.5 Å². The van der Waals surface area contributed by atoms with Gasteiger partial charge in [0, 0.05) is 37.5 Å².